The highest BCUT2D eigenvalue weighted by Gasteiger charge is 2.38. The first kappa shape index (κ1) is 21.5. The maximum Gasteiger partial charge on any atom is 0.254 e. The van der Waals surface area contributed by atoms with Crippen molar-refractivity contribution in [3.05, 3.63) is 59.7 Å². The van der Waals surface area contributed by atoms with Crippen LogP contribution in [-0.2, 0) is 9.63 Å². The number of hydrogen-bond donors (Lipinski definition) is 2. The Morgan fingerprint density at radius 3 is 2.60 bits per heavy atom. The minimum Gasteiger partial charge on any atom is -0.399 e. The second-order valence-electron chi connectivity index (χ2n) is 7.25. The lowest BCUT2D eigenvalue weighted by Gasteiger charge is -2.23. The van der Waals surface area contributed by atoms with Gasteiger partial charge >= 0.3 is 0 Å². The Balaban J connectivity index is 1.79. The highest BCUT2D eigenvalue weighted by Crippen LogP contribution is 2.25. The second-order valence-corrected chi connectivity index (χ2v) is 7.25. The van der Waals surface area contributed by atoms with Crippen molar-refractivity contribution in [2.45, 2.75) is 25.8 Å². The molecule has 1 atom stereocenters. The van der Waals surface area contributed by atoms with Crippen LogP contribution in [0, 0.1) is 6.92 Å². The summed E-state index contributed by atoms with van der Waals surface area (Å²) >= 11 is 0. The first-order chi connectivity index (χ1) is 14.5. The van der Waals surface area contributed by atoms with E-state index in [1.54, 1.807) is 12.1 Å². The Morgan fingerprint density at radius 1 is 1.20 bits per heavy atom. The summed E-state index contributed by atoms with van der Waals surface area (Å²) in [4.78, 5) is 32.1. The van der Waals surface area contributed by atoms with Gasteiger partial charge in [0.1, 0.15) is 13.2 Å². The van der Waals surface area contributed by atoms with E-state index in [1.807, 2.05) is 30.3 Å². The SMILES string of the molecule is CO/N=C1\C[C@@H](C(=O)NCCCO)N(C(=O)c2ccc(-c3ccccc3C)cc2)C1. The van der Waals surface area contributed by atoms with Gasteiger partial charge in [0.2, 0.25) is 5.91 Å². The van der Waals surface area contributed by atoms with E-state index in [-0.39, 0.29) is 25.0 Å². The molecule has 2 amide bonds. The van der Waals surface area contributed by atoms with Crippen LogP contribution in [0.25, 0.3) is 11.1 Å². The molecule has 1 aliphatic heterocycles. The van der Waals surface area contributed by atoms with Crippen LogP contribution in [0.2, 0.25) is 0 Å². The Labute approximate surface area is 176 Å². The van der Waals surface area contributed by atoms with Crippen molar-refractivity contribution in [3.8, 4) is 11.1 Å². The smallest absolute Gasteiger partial charge is 0.254 e. The predicted molar refractivity (Wildman–Crippen MR) is 115 cm³/mol. The average molecular weight is 409 g/mol. The lowest BCUT2D eigenvalue weighted by atomic mass is 9.99. The van der Waals surface area contributed by atoms with Gasteiger partial charge in [-0.15, -0.1) is 0 Å². The number of nitrogens with zero attached hydrogens (tertiary/aromatic N) is 2. The van der Waals surface area contributed by atoms with E-state index >= 15 is 0 Å². The number of likely N-dealkylation sites (tertiary alicyclic amines) is 1. The third-order valence-corrected chi connectivity index (χ3v) is 5.16. The van der Waals surface area contributed by atoms with Crippen LogP contribution in [0.15, 0.2) is 53.7 Å². The van der Waals surface area contributed by atoms with E-state index in [1.165, 1.54) is 12.0 Å². The number of hydrogen-bond acceptors (Lipinski definition) is 5. The zero-order chi connectivity index (χ0) is 21.5. The minimum absolute atomic E-state index is 0.00277. The van der Waals surface area contributed by atoms with E-state index in [0.717, 1.165) is 16.7 Å². The van der Waals surface area contributed by atoms with E-state index in [2.05, 4.69) is 23.5 Å². The summed E-state index contributed by atoms with van der Waals surface area (Å²) in [7, 11) is 1.44. The molecule has 0 radical (unpaired) electrons. The summed E-state index contributed by atoms with van der Waals surface area (Å²) in [6, 6.07) is 14.9. The lowest BCUT2D eigenvalue weighted by molar-refractivity contribution is -0.124. The Kier molecular flexibility index (Phi) is 7.19. The molecule has 1 heterocycles. The molecule has 7 nitrogen and oxygen atoms in total. The van der Waals surface area contributed by atoms with Gasteiger partial charge in [-0.25, -0.2) is 0 Å². The predicted octanol–water partition coefficient (Wildman–Crippen LogP) is 2.38. The van der Waals surface area contributed by atoms with Crippen molar-refractivity contribution >= 4 is 17.5 Å². The van der Waals surface area contributed by atoms with Crippen molar-refractivity contribution in [3.63, 3.8) is 0 Å². The van der Waals surface area contributed by atoms with Crippen molar-refractivity contribution in [1.82, 2.24) is 10.2 Å². The number of aliphatic hydroxyl groups is 1. The highest BCUT2D eigenvalue weighted by molar-refractivity contribution is 6.05. The molecule has 0 bridgehead atoms. The molecule has 3 rings (SSSR count). The maximum absolute atomic E-state index is 13.2. The lowest BCUT2D eigenvalue weighted by Crippen LogP contribution is -2.46. The summed E-state index contributed by atoms with van der Waals surface area (Å²) in [6.45, 7) is 2.65. The number of rotatable bonds is 7. The maximum atomic E-state index is 13.2. The monoisotopic (exact) mass is 409 g/mol. The van der Waals surface area contributed by atoms with Gasteiger partial charge < -0.3 is 20.2 Å². The summed E-state index contributed by atoms with van der Waals surface area (Å²) in [6.07, 6.45) is 0.789. The Hall–Kier alpha value is -3.19. The molecule has 0 saturated carbocycles. The van der Waals surface area contributed by atoms with Crippen LogP contribution in [0.1, 0.15) is 28.8 Å². The molecular formula is C23H27N3O4. The van der Waals surface area contributed by atoms with E-state index in [9.17, 15) is 9.59 Å². The van der Waals surface area contributed by atoms with Crippen molar-refractivity contribution in [2.24, 2.45) is 5.16 Å². The van der Waals surface area contributed by atoms with Crippen molar-refractivity contribution < 1.29 is 19.5 Å². The second kappa shape index (κ2) is 10.0. The zero-order valence-electron chi connectivity index (χ0n) is 17.3. The van der Waals surface area contributed by atoms with Crippen LogP contribution in [0.3, 0.4) is 0 Å². The summed E-state index contributed by atoms with van der Waals surface area (Å²) < 4.78 is 0. The number of nitrogens with one attached hydrogen (secondary N) is 1. The van der Waals surface area contributed by atoms with Crippen molar-refractivity contribution in [2.75, 3.05) is 26.8 Å². The van der Waals surface area contributed by atoms with Crippen LogP contribution in [-0.4, -0.2) is 60.4 Å². The first-order valence-corrected chi connectivity index (χ1v) is 9.99. The number of oxime groups is 1. The van der Waals surface area contributed by atoms with Gasteiger partial charge in [-0.2, -0.15) is 0 Å². The molecule has 2 aromatic rings. The third kappa shape index (κ3) is 4.86. The molecule has 1 aliphatic rings. The molecule has 158 valence electrons. The van der Waals surface area contributed by atoms with Gasteiger partial charge in [0.15, 0.2) is 0 Å². The van der Waals surface area contributed by atoms with Crippen molar-refractivity contribution in [1.29, 1.82) is 0 Å². The number of carbonyl (C=O) groups excluding carboxylic acids is 2. The fraction of sp³-hybridized carbons (Fsp3) is 0.348. The first-order valence-electron chi connectivity index (χ1n) is 9.99. The number of aryl methyl sites for hydroxylation is 1. The van der Waals surface area contributed by atoms with Gasteiger partial charge in [-0.05, 0) is 42.2 Å². The van der Waals surface area contributed by atoms with Gasteiger partial charge in [-0.1, -0.05) is 41.6 Å². The standard InChI is InChI=1S/C23H27N3O4/c1-16-6-3-4-7-20(16)17-8-10-18(11-9-17)23(29)26-15-19(25-30-2)14-21(26)22(28)24-12-5-13-27/h3-4,6-11,21,27H,5,12-15H2,1-2H3,(H,24,28)/b25-19+/t21-/m0/s1. The summed E-state index contributed by atoms with van der Waals surface area (Å²) in [5.74, 6) is -0.482. The van der Waals surface area contributed by atoms with Gasteiger partial charge in [-0.3, -0.25) is 9.59 Å². The molecule has 1 saturated heterocycles. The fourth-order valence-corrected chi connectivity index (χ4v) is 3.61. The van der Waals surface area contributed by atoms with E-state index in [4.69, 9.17) is 9.94 Å². The quantitative estimate of drug-likeness (QED) is 0.543. The topological polar surface area (TPSA) is 91.2 Å². The Morgan fingerprint density at radius 2 is 1.93 bits per heavy atom. The molecular weight excluding hydrogens is 382 g/mol. The summed E-state index contributed by atoms with van der Waals surface area (Å²) in [5.41, 5.74) is 4.47. The average Bonchev–Trinajstić information content (AvgIpc) is 3.18. The molecule has 7 heteroatoms. The Bertz CT molecular complexity index is 924. The fourth-order valence-electron chi connectivity index (χ4n) is 3.61. The highest BCUT2D eigenvalue weighted by atomic mass is 16.6. The molecule has 30 heavy (non-hydrogen) atoms. The molecule has 1 fully saturated rings. The van der Waals surface area contributed by atoms with Gasteiger partial charge in [0.25, 0.3) is 5.91 Å². The molecule has 2 aromatic carbocycles. The van der Waals surface area contributed by atoms with E-state index < -0.39 is 6.04 Å². The third-order valence-electron chi connectivity index (χ3n) is 5.16. The largest absolute Gasteiger partial charge is 0.399 e. The zero-order valence-corrected chi connectivity index (χ0v) is 17.3. The number of benzene rings is 2. The van der Waals surface area contributed by atoms with E-state index in [0.29, 0.717) is 30.7 Å². The minimum atomic E-state index is -0.652. The number of aliphatic hydroxyl groups excluding tert-OH is 1. The molecule has 0 aliphatic carbocycles. The summed E-state index contributed by atoms with van der Waals surface area (Å²) in [5, 5.41) is 15.6. The van der Waals surface area contributed by atoms with Gasteiger partial charge in [0, 0.05) is 25.1 Å². The molecule has 0 unspecified atom stereocenters. The number of carbonyl (C=O) groups is 2. The van der Waals surface area contributed by atoms with Crippen LogP contribution < -0.4 is 5.32 Å². The normalized spacial score (nSPS) is 17.2. The van der Waals surface area contributed by atoms with Gasteiger partial charge in [0.05, 0.1) is 12.3 Å². The molecule has 0 spiro atoms. The molecule has 0 aromatic heterocycles. The van der Waals surface area contributed by atoms with Crippen LogP contribution >= 0.6 is 0 Å². The number of amides is 2. The molecule has 2 N–H and O–H groups in total. The van der Waals surface area contributed by atoms with Crippen LogP contribution in [0.4, 0.5) is 0 Å². The van der Waals surface area contributed by atoms with Crippen LogP contribution in [0.5, 0.6) is 0 Å².